The van der Waals surface area contributed by atoms with Crippen molar-refractivity contribution in [3.63, 3.8) is 0 Å². The van der Waals surface area contributed by atoms with Crippen molar-refractivity contribution in [2.75, 3.05) is 0 Å². The minimum absolute atomic E-state index is 0.0976. The van der Waals surface area contributed by atoms with Crippen LogP contribution in [0.25, 0.3) is 0 Å². The SMILES string of the molecule is CC1([NH+]([O-])c2ccccc2)CCCCC1. The van der Waals surface area contributed by atoms with Gasteiger partial charge in [0.2, 0.25) is 0 Å². The molecule has 15 heavy (non-hydrogen) atoms. The molecular formula is C13H19NO. The van der Waals surface area contributed by atoms with Gasteiger partial charge in [-0.3, -0.25) is 0 Å². The van der Waals surface area contributed by atoms with Gasteiger partial charge in [-0.1, -0.05) is 24.6 Å². The van der Waals surface area contributed by atoms with Gasteiger partial charge in [0.05, 0.1) is 5.54 Å². The third-order valence-corrected chi connectivity index (χ3v) is 3.54. The molecule has 1 fully saturated rings. The lowest BCUT2D eigenvalue weighted by Gasteiger charge is -2.43. The van der Waals surface area contributed by atoms with E-state index in [0.717, 1.165) is 18.5 Å². The first-order chi connectivity index (χ1) is 7.22. The molecule has 0 aromatic heterocycles. The van der Waals surface area contributed by atoms with Crippen molar-refractivity contribution in [1.29, 1.82) is 0 Å². The second kappa shape index (κ2) is 4.33. The molecule has 2 nitrogen and oxygen atoms in total. The van der Waals surface area contributed by atoms with E-state index in [1.165, 1.54) is 19.3 Å². The van der Waals surface area contributed by atoms with E-state index in [-0.39, 0.29) is 5.54 Å². The Hall–Kier alpha value is -0.860. The Bertz CT molecular complexity index is 304. The molecule has 0 saturated heterocycles. The van der Waals surface area contributed by atoms with Crippen LogP contribution in [0.15, 0.2) is 30.3 Å². The number of rotatable bonds is 2. The molecule has 0 spiro atoms. The van der Waals surface area contributed by atoms with Crippen LogP contribution in [0.4, 0.5) is 5.69 Å². The van der Waals surface area contributed by atoms with Gasteiger partial charge in [-0.05, 0) is 31.9 Å². The van der Waals surface area contributed by atoms with E-state index in [9.17, 15) is 5.21 Å². The second-order valence-corrected chi connectivity index (χ2v) is 4.82. The van der Waals surface area contributed by atoms with Crippen molar-refractivity contribution in [3.8, 4) is 0 Å². The fourth-order valence-corrected chi connectivity index (χ4v) is 2.50. The van der Waals surface area contributed by atoms with Gasteiger partial charge < -0.3 is 10.3 Å². The van der Waals surface area contributed by atoms with E-state index in [2.05, 4.69) is 6.92 Å². The molecule has 1 aliphatic carbocycles. The molecule has 82 valence electrons. The number of quaternary nitrogens is 1. The summed E-state index contributed by atoms with van der Waals surface area (Å²) in [5.41, 5.74) is 0.779. The average molecular weight is 205 g/mol. The molecule has 1 unspecified atom stereocenters. The highest BCUT2D eigenvalue weighted by Gasteiger charge is 2.33. The summed E-state index contributed by atoms with van der Waals surface area (Å²) in [6.45, 7) is 2.13. The summed E-state index contributed by atoms with van der Waals surface area (Å²) in [4.78, 5) is 0. The van der Waals surface area contributed by atoms with Crippen LogP contribution in [0, 0.1) is 5.21 Å². The highest BCUT2D eigenvalue weighted by molar-refractivity contribution is 5.28. The zero-order chi connectivity index (χ0) is 10.7. The second-order valence-electron chi connectivity index (χ2n) is 4.82. The van der Waals surface area contributed by atoms with E-state index < -0.39 is 0 Å². The van der Waals surface area contributed by atoms with E-state index in [1.807, 2.05) is 30.3 Å². The zero-order valence-corrected chi connectivity index (χ0v) is 9.33. The van der Waals surface area contributed by atoms with Crippen LogP contribution in [-0.2, 0) is 0 Å². The normalized spacial score (nSPS) is 22.3. The van der Waals surface area contributed by atoms with Gasteiger partial charge in [0.1, 0.15) is 5.69 Å². The van der Waals surface area contributed by atoms with E-state index in [0.29, 0.717) is 5.06 Å². The van der Waals surface area contributed by atoms with Crippen molar-refractivity contribution >= 4 is 5.69 Å². The van der Waals surface area contributed by atoms with Crippen molar-refractivity contribution < 1.29 is 5.06 Å². The van der Waals surface area contributed by atoms with E-state index in [4.69, 9.17) is 0 Å². The maximum Gasteiger partial charge on any atom is 0.131 e. The molecular weight excluding hydrogens is 186 g/mol. The number of hydroxylamine groups is 1. The smallest absolute Gasteiger partial charge is 0.131 e. The van der Waals surface area contributed by atoms with E-state index in [1.54, 1.807) is 0 Å². The Kier molecular flexibility index (Phi) is 3.08. The molecule has 1 N–H and O–H groups in total. The van der Waals surface area contributed by atoms with Crippen molar-refractivity contribution in [2.45, 2.75) is 44.6 Å². The van der Waals surface area contributed by atoms with Crippen LogP contribution in [0.1, 0.15) is 39.0 Å². The summed E-state index contributed by atoms with van der Waals surface area (Å²) >= 11 is 0. The van der Waals surface area contributed by atoms with Crippen LogP contribution in [0.5, 0.6) is 0 Å². The Labute approximate surface area is 91.5 Å². The third kappa shape index (κ3) is 2.21. The topological polar surface area (TPSA) is 27.5 Å². The lowest BCUT2D eigenvalue weighted by Crippen LogP contribution is -3.11. The first kappa shape index (κ1) is 10.7. The van der Waals surface area contributed by atoms with Gasteiger partial charge in [-0.25, -0.2) is 0 Å². The predicted molar refractivity (Wildman–Crippen MR) is 61.9 cm³/mol. The Morgan fingerprint density at radius 2 is 1.67 bits per heavy atom. The summed E-state index contributed by atoms with van der Waals surface area (Å²) in [5.74, 6) is 0. The quantitative estimate of drug-likeness (QED) is 0.738. The van der Waals surface area contributed by atoms with Crippen molar-refractivity contribution in [1.82, 2.24) is 0 Å². The van der Waals surface area contributed by atoms with Crippen LogP contribution < -0.4 is 5.06 Å². The highest BCUT2D eigenvalue weighted by Crippen LogP contribution is 2.26. The molecule has 2 rings (SSSR count). The molecule has 2 heteroatoms. The lowest BCUT2D eigenvalue weighted by molar-refractivity contribution is -0.840. The number of hydrogen-bond acceptors (Lipinski definition) is 1. The molecule has 1 aromatic carbocycles. The number of nitrogens with one attached hydrogen (secondary N) is 1. The van der Waals surface area contributed by atoms with Gasteiger partial charge in [0, 0.05) is 12.8 Å². The number of hydrogen-bond donors (Lipinski definition) is 1. The van der Waals surface area contributed by atoms with Gasteiger partial charge in [0.25, 0.3) is 0 Å². The van der Waals surface area contributed by atoms with Crippen LogP contribution >= 0.6 is 0 Å². The van der Waals surface area contributed by atoms with Crippen LogP contribution in [-0.4, -0.2) is 5.54 Å². The summed E-state index contributed by atoms with van der Waals surface area (Å²) in [5, 5.41) is 12.7. The first-order valence-electron chi connectivity index (χ1n) is 5.82. The Balaban J connectivity index is 2.16. The van der Waals surface area contributed by atoms with Gasteiger partial charge in [0.15, 0.2) is 0 Å². The van der Waals surface area contributed by atoms with Crippen LogP contribution in [0.2, 0.25) is 0 Å². The first-order valence-corrected chi connectivity index (χ1v) is 5.82. The van der Waals surface area contributed by atoms with Crippen molar-refractivity contribution in [3.05, 3.63) is 35.5 Å². The Morgan fingerprint density at radius 3 is 2.27 bits per heavy atom. The minimum atomic E-state index is -0.0976. The summed E-state index contributed by atoms with van der Waals surface area (Å²) in [6, 6.07) is 9.71. The molecule has 0 amide bonds. The van der Waals surface area contributed by atoms with E-state index >= 15 is 0 Å². The maximum atomic E-state index is 12.3. The zero-order valence-electron chi connectivity index (χ0n) is 9.33. The molecule has 1 saturated carbocycles. The summed E-state index contributed by atoms with van der Waals surface area (Å²) in [6.07, 6.45) is 5.81. The minimum Gasteiger partial charge on any atom is -0.628 e. The van der Waals surface area contributed by atoms with Gasteiger partial charge in [-0.15, -0.1) is 0 Å². The molecule has 0 radical (unpaired) electrons. The van der Waals surface area contributed by atoms with Crippen LogP contribution in [0.3, 0.4) is 0 Å². The molecule has 0 heterocycles. The standard InChI is InChI=1S/C13H19NO/c1-13(10-6-3-7-11-13)14(15)12-8-4-2-5-9-12/h2,4-5,8-9,14H,3,6-7,10-11H2,1H3. The molecule has 1 aliphatic rings. The number of para-hydroxylation sites is 1. The van der Waals surface area contributed by atoms with Gasteiger partial charge in [-0.2, -0.15) is 0 Å². The third-order valence-electron chi connectivity index (χ3n) is 3.54. The summed E-state index contributed by atoms with van der Waals surface area (Å²) < 4.78 is 0. The van der Waals surface area contributed by atoms with Gasteiger partial charge >= 0.3 is 0 Å². The molecule has 0 aliphatic heterocycles. The average Bonchev–Trinajstić information content (AvgIpc) is 2.30. The van der Waals surface area contributed by atoms with Crippen molar-refractivity contribution in [2.24, 2.45) is 0 Å². The fourth-order valence-electron chi connectivity index (χ4n) is 2.50. The Morgan fingerprint density at radius 1 is 1.07 bits per heavy atom. The fraction of sp³-hybridized carbons (Fsp3) is 0.538. The molecule has 1 atom stereocenters. The lowest BCUT2D eigenvalue weighted by atomic mass is 9.83. The molecule has 1 aromatic rings. The highest BCUT2D eigenvalue weighted by atomic mass is 16.5. The monoisotopic (exact) mass is 205 g/mol. The summed E-state index contributed by atoms with van der Waals surface area (Å²) in [7, 11) is 0. The maximum absolute atomic E-state index is 12.3. The number of benzene rings is 1. The predicted octanol–water partition coefficient (Wildman–Crippen LogP) is 2.42. The largest absolute Gasteiger partial charge is 0.628 e. The molecule has 0 bridgehead atoms.